The second-order valence-corrected chi connectivity index (χ2v) is 5.59. The SMILES string of the molecule is CC1CCNCC1NC(=O)c1cc(Br)ccc1F. The van der Waals surface area contributed by atoms with Crippen LogP contribution in [0.2, 0.25) is 0 Å². The first kappa shape index (κ1) is 13.5. The molecule has 1 aliphatic rings. The highest BCUT2D eigenvalue weighted by Gasteiger charge is 2.24. The fourth-order valence-electron chi connectivity index (χ4n) is 2.10. The number of hydrogen-bond acceptors (Lipinski definition) is 2. The Morgan fingerprint density at radius 3 is 3.06 bits per heavy atom. The molecule has 1 fully saturated rings. The van der Waals surface area contributed by atoms with Gasteiger partial charge in [-0.3, -0.25) is 4.79 Å². The van der Waals surface area contributed by atoms with E-state index < -0.39 is 5.82 Å². The number of amides is 1. The molecule has 3 nitrogen and oxygen atoms in total. The summed E-state index contributed by atoms with van der Waals surface area (Å²) in [5.74, 6) is -0.438. The summed E-state index contributed by atoms with van der Waals surface area (Å²) >= 11 is 3.24. The van der Waals surface area contributed by atoms with Crippen LogP contribution in [-0.4, -0.2) is 25.0 Å². The Morgan fingerprint density at radius 2 is 2.33 bits per heavy atom. The van der Waals surface area contributed by atoms with Crippen molar-refractivity contribution < 1.29 is 9.18 Å². The summed E-state index contributed by atoms with van der Waals surface area (Å²) in [5, 5.41) is 6.12. The molecule has 2 N–H and O–H groups in total. The lowest BCUT2D eigenvalue weighted by atomic mass is 9.94. The number of piperidine rings is 1. The summed E-state index contributed by atoms with van der Waals surface area (Å²) in [4.78, 5) is 12.0. The Morgan fingerprint density at radius 1 is 1.56 bits per heavy atom. The third kappa shape index (κ3) is 3.09. The van der Waals surface area contributed by atoms with E-state index in [4.69, 9.17) is 0 Å². The van der Waals surface area contributed by atoms with Crippen LogP contribution in [0.4, 0.5) is 4.39 Å². The molecule has 1 aromatic rings. The molecule has 0 aromatic heterocycles. The largest absolute Gasteiger partial charge is 0.348 e. The summed E-state index contributed by atoms with van der Waals surface area (Å²) in [5.41, 5.74) is 0.0853. The molecule has 2 unspecified atom stereocenters. The molecule has 0 aliphatic carbocycles. The molecular formula is C13H16BrFN2O. The highest BCUT2D eigenvalue weighted by molar-refractivity contribution is 9.10. The van der Waals surface area contributed by atoms with Crippen LogP contribution in [0.25, 0.3) is 0 Å². The minimum absolute atomic E-state index is 0.0598. The molecule has 1 saturated heterocycles. The molecule has 1 heterocycles. The number of hydrogen-bond donors (Lipinski definition) is 2. The van der Waals surface area contributed by atoms with Crippen molar-refractivity contribution in [3.05, 3.63) is 34.1 Å². The fraction of sp³-hybridized carbons (Fsp3) is 0.462. The van der Waals surface area contributed by atoms with Gasteiger partial charge in [-0.05, 0) is 37.1 Å². The maximum absolute atomic E-state index is 13.6. The molecule has 0 bridgehead atoms. The number of benzene rings is 1. The summed E-state index contributed by atoms with van der Waals surface area (Å²) < 4.78 is 14.3. The lowest BCUT2D eigenvalue weighted by Crippen LogP contribution is -2.50. The van der Waals surface area contributed by atoms with E-state index >= 15 is 0 Å². The van der Waals surface area contributed by atoms with Crippen molar-refractivity contribution in [3.63, 3.8) is 0 Å². The van der Waals surface area contributed by atoms with Crippen LogP contribution < -0.4 is 10.6 Å². The number of rotatable bonds is 2. The Hall–Kier alpha value is -0.940. The van der Waals surface area contributed by atoms with Gasteiger partial charge in [-0.2, -0.15) is 0 Å². The van der Waals surface area contributed by atoms with Crippen molar-refractivity contribution in [2.45, 2.75) is 19.4 Å². The second-order valence-electron chi connectivity index (χ2n) is 4.67. The number of carbonyl (C=O) groups is 1. The van der Waals surface area contributed by atoms with Crippen molar-refractivity contribution in [3.8, 4) is 0 Å². The van der Waals surface area contributed by atoms with Crippen LogP contribution in [0.1, 0.15) is 23.7 Å². The molecule has 0 saturated carbocycles. The minimum Gasteiger partial charge on any atom is -0.348 e. The smallest absolute Gasteiger partial charge is 0.254 e. The predicted octanol–water partition coefficient (Wildman–Crippen LogP) is 2.32. The van der Waals surface area contributed by atoms with E-state index in [0.717, 1.165) is 19.5 Å². The summed E-state index contributed by atoms with van der Waals surface area (Å²) in [6, 6.07) is 4.44. The predicted molar refractivity (Wildman–Crippen MR) is 72.0 cm³/mol. The normalized spacial score (nSPS) is 23.7. The first-order chi connectivity index (χ1) is 8.58. The van der Waals surface area contributed by atoms with E-state index in [2.05, 4.69) is 33.5 Å². The lowest BCUT2D eigenvalue weighted by Gasteiger charge is -2.30. The van der Waals surface area contributed by atoms with Gasteiger partial charge in [0.25, 0.3) is 5.91 Å². The summed E-state index contributed by atoms with van der Waals surface area (Å²) in [7, 11) is 0. The van der Waals surface area contributed by atoms with Crippen LogP contribution in [-0.2, 0) is 0 Å². The second kappa shape index (κ2) is 5.80. The average molecular weight is 315 g/mol. The van der Waals surface area contributed by atoms with Crippen molar-refractivity contribution in [2.75, 3.05) is 13.1 Å². The number of nitrogens with one attached hydrogen (secondary N) is 2. The van der Waals surface area contributed by atoms with Crippen molar-refractivity contribution in [1.29, 1.82) is 0 Å². The first-order valence-corrected chi connectivity index (χ1v) is 6.84. The van der Waals surface area contributed by atoms with Gasteiger partial charge in [0.05, 0.1) is 5.56 Å². The van der Waals surface area contributed by atoms with E-state index in [9.17, 15) is 9.18 Å². The van der Waals surface area contributed by atoms with Crippen LogP contribution in [0, 0.1) is 11.7 Å². The molecule has 18 heavy (non-hydrogen) atoms. The zero-order valence-corrected chi connectivity index (χ0v) is 11.8. The Kier molecular flexibility index (Phi) is 4.35. The fourth-order valence-corrected chi connectivity index (χ4v) is 2.46. The van der Waals surface area contributed by atoms with E-state index in [1.807, 2.05) is 0 Å². The lowest BCUT2D eigenvalue weighted by molar-refractivity contribution is 0.0911. The zero-order valence-electron chi connectivity index (χ0n) is 10.2. The quantitative estimate of drug-likeness (QED) is 0.879. The number of carbonyl (C=O) groups excluding carboxylic acids is 1. The molecule has 0 spiro atoms. The van der Waals surface area contributed by atoms with Crippen molar-refractivity contribution in [1.82, 2.24) is 10.6 Å². The van der Waals surface area contributed by atoms with E-state index in [1.54, 1.807) is 6.07 Å². The average Bonchev–Trinajstić information content (AvgIpc) is 2.35. The van der Waals surface area contributed by atoms with Gasteiger partial charge in [0.15, 0.2) is 0 Å². The van der Waals surface area contributed by atoms with Gasteiger partial charge < -0.3 is 10.6 Å². The molecular weight excluding hydrogens is 299 g/mol. The molecule has 1 aliphatic heterocycles. The van der Waals surface area contributed by atoms with Crippen LogP contribution in [0.3, 0.4) is 0 Å². The van der Waals surface area contributed by atoms with Gasteiger partial charge in [-0.25, -0.2) is 4.39 Å². The Balaban J connectivity index is 2.09. The van der Waals surface area contributed by atoms with E-state index in [-0.39, 0.29) is 17.5 Å². The minimum atomic E-state index is -0.493. The molecule has 5 heteroatoms. The van der Waals surface area contributed by atoms with Gasteiger partial charge in [0.1, 0.15) is 5.82 Å². The standard InChI is InChI=1S/C13H16BrFN2O/c1-8-4-5-16-7-12(8)17-13(18)10-6-9(14)2-3-11(10)15/h2-3,6,8,12,16H,4-5,7H2,1H3,(H,17,18). The molecule has 1 aromatic carbocycles. The third-order valence-electron chi connectivity index (χ3n) is 3.32. The monoisotopic (exact) mass is 314 g/mol. The van der Waals surface area contributed by atoms with Gasteiger partial charge in [0.2, 0.25) is 0 Å². The van der Waals surface area contributed by atoms with Crippen LogP contribution in [0.5, 0.6) is 0 Å². The zero-order chi connectivity index (χ0) is 13.1. The highest BCUT2D eigenvalue weighted by Crippen LogP contribution is 2.17. The molecule has 1 amide bonds. The number of halogens is 2. The molecule has 0 radical (unpaired) electrons. The van der Waals surface area contributed by atoms with E-state index in [0.29, 0.717) is 10.4 Å². The van der Waals surface area contributed by atoms with Crippen molar-refractivity contribution >= 4 is 21.8 Å². The first-order valence-electron chi connectivity index (χ1n) is 6.04. The van der Waals surface area contributed by atoms with Crippen LogP contribution in [0.15, 0.2) is 22.7 Å². The summed E-state index contributed by atoms with van der Waals surface area (Å²) in [6.07, 6.45) is 1.02. The Bertz CT molecular complexity index is 453. The molecule has 2 atom stereocenters. The maximum Gasteiger partial charge on any atom is 0.254 e. The molecule has 2 rings (SSSR count). The van der Waals surface area contributed by atoms with Crippen molar-refractivity contribution in [2.24, 2.45) is 5.92 Å². The van der Waals surface area contributed by atoms with Crippen LogP contribution >= 0.6 is 15.9 Å². The Labute approximate surface area is 114 Å². The maximum atomic E-state index is 13.6. The third-order valence-corrected chi connectivity index (χ3v) is 3.81. The van der Waals surface area contributed by atoms with Gasteiger partial charge >= 0.3 is 0 Å². The van der Waals surface area contributed by atoms with Gasteiger partial charge in [0, 0.05) is 17.1 Å². The topological polar surface area (TPSA) is 41.1 Å². The highest BCUT2D eigenvalue weighted by atomic mass is 79.9. The summed E-state index contributed by atoms with van der Waals surface area (Å²) in [6.45, 7) is 3.81. The molecule has 98 valence electrons. The van der Waals surface area contributed by atoms with E-state index in [1.165, 1.54) is 12.1 Å². The van der Waals surface area contributed by atoms with Gasteiger partial charge in [-0.1, -0.05) is 22.9 Å². The van der Waals surface area contributed by atoms with Gasteiger partial charge in [-0.15, -0.1) is 0 Å².